The molecule has 2 N–H and O–H groups in total. The Labute approximate surface area is 161 Å². The van der Waals surface area contributed by atoms with Gasteiger partial charge in [0.15, 0.2) is 5.85 Å². The molecule has 0 heterocycles. The van der Waals surface area contributed by atoms with Crippen LogP contribution in [0.1, 0.15) is 43.7 Å². The van der Waals surface area contributed by atoms with E-state index in [0.29, 0.717) is 6.42 Å². The van der Waals surface area contributed by atoms with Crippen LogP contribution in [-0.4, -0.2) is 22.2 Å². The first-order chi connectivity index (χ1) is 13.0. The van der Waals surface area contributed by atoms with Gasteiger partial charge in [-0.3, -0.25) is 4.57 Å². The molecule has 148 valence electrons. The molecule has 2 atom stereocenters. The Bertz CT molecular complexity index is 645. The summed E-state index contributed by atoms with van der Waals surface area (Å²) >= 11 is 0. The van der Waals surface area contributed by atoms with Gasteiger partial charge in [0.05, 0.1) is 19.3 Å². The van der Waals surface area contributed by atoms with Gasteiger partial charge in [0.2, 0.25) is 0 Å². The highest BCUT2D eigenvalue weighted by Gasteiger charge is 2.39. The van der Waals surface area contributed by atoms with Crippen molar-refractivity contribution >= 4 is 7.60 Å². The van der Waals surface area contributed by atoms with Gasteiger partial charge >= 0.3 is 7.60 Å². The summed E-state index contributed by atoms with van der Waals surface area (Å²) in [6, 6.07) is 18.5. The van der Waals surface area contributed by atoms with E-state index < -0.39 is 19.5 Å². The highest BCUT2D eigenvalue weighted by Crippen LogP contribution is 2.55. The lowest BCUT2D eigenvalue weighted by Gasteiger charge is -2.26. The van der Waals surface area contributed by atoms with E-state index in [-0.39, 0.29) is 13.2 Å². The van der Waals surface area contributed by atoms with E-state index in [9.17, 15) is 14.8 Å². The molecule has 0 fully saturated rings. The van der Waals surface area contributed by atoms with Crippen LogP contribution in [-0.2, 0) is 26.8 Å². The van der Waals surface area contributed by atoms with Crippen LogP contribution < -0.4 is 0 Å². The summed E-state index contributed by atoms with van der Waals surface area (Å²) in [6.45, 7) is 2.12. The zero-order valence-corrected chi connectivity index (χ0v) is 16.6. The second-order valence-electron chi connectivity index (χ2n) is 6.53. The number of unbranched alkanes of at least 4 members (excludes halogenated alkanes) is 2. The number of aliphatic hydroxyl groups excluding tert-OH is 2. The Morgan fingerprint density at radius 3 is 1.78 bits per heavy atom. The maximum absolute atomic E-state index is 13.3. The Balaban J connectivity index is 2.06. The van der Waals surface area contributed by atoms with Gasteiger partial charge in [-0.1, -0.05) is 86.8 Å². The molecule has 0 saturated carbocycles. The summed E-state index contributed by atoms with van der Waals surface area (Å²) in [7, 11) is -3.94. The number of hydrogen-bond acceptors (Lipinski definition) is 5. The molecule has 0 saturated heterocycles. The van der Waals surface area contributed by atoms with Crippen molar-refractivity contribution in [3.63, 3.8) is 0 Å². The van der Waals surface area contributed by atoms with Gasteiger partial charge in [-0.2, -0.15) is 0 Å². The second kappa shape index (κ2) is 11.4. The molecule has 2 aromatic rings. The summed E-state index contributed by atoms with van der Waals surface area (Å²) in [5.41, 5.74) is 1.63. The van der Waals surface area contributed by atoms with Crippen LogP contribution in [0.3, 0.4) is 0 Å². The van der Waals surface area contributed by atoms with Crippen LogP contribution in [0.2, 0.25) is 0 Å². The molecular weight excluding hydrogens is 363 g/mol. The average Bonchev–Trinajstić information content (AvgIpc) is 2.72. The minimum atomic E-state index is -3.94. The average molecular weight is 392 g/mol. The predicted molar refractivity (Wildman–Crippen MR) is 106 cm³/mol. The molecule has 0 spiro atoms. The van der Waals surface area contributed by atoms with E-state index in [0.717, 1.165) is 30.4 Å². The minimum absolute atomic E-state index is 0.0334. The van der Waals surface area contributed by atoms with E-state index in [4.69, 9.17) is 9.05 Å². The smallest absolute Gasteiger partial charge is 0.362 e. The second-order valence-corrected chi connectivity index (χ2v) is 8.66. The maximum Gasteiger partial charge on any atom is 0.362 e. The SMILES string of the molecule is CCCCC[C@H](O)[C@@H](O)P(=O)(OCc1ccccc1)OCc1ccccc1. The highest BCUT2D eigenvalue weighted by atomic mass is 31.2. The fourth-order valence-electron chi connectivity index (χ4n) is 2.63. The third-order valence-electron chi connectivity index (χ3n) is 4.28. The largest absolute Gasteiger partial charge is 0.390 e. The molecule has 5 nitrogen and oxygen atoms in total. The van der Waals surface area contributed by atoms with Gasteiger partial charge in [-0.05, 0) is 17.5 Å². The van der Waals surface area contributed by atoms with E-state index in [1.165, 1.54) is 0 Å². The lowest BCUT2D eigenvalue weighted by molar-refractivity contribution is 0.0309. The van der Waals surface area contributed by atoms with E-state index in [2.05, 4.69) is 6.92 Å². The van der Waals surface area contributed by atoms with Gasteiger partial charge in [-0.15, -0.1) is 0 Å². The van der Waals surface area contributed by atoms with Gasteiger partial charge in [0.25, 0.3) is 0 Å². The summed E-state index contributed by atoms with van der Waals surface area (Å²) in [6.07, 6.45) is 1.86. The molecule has 0 unspecified atom stereocenters. The Kier molecular flexibility index (Phi) is 9.19. The van der Waals surface area contributed by atoms with Crippen molar-refractivity contribution in [1.82, 2.24) is 0 Å². The highest BCUT2D eigenvalue weighted by molar-refractivity contribution is 7.54. The van der Waals surface area contributed by atoms with Crippen molar-refractivity contribution in [2.75, 3.05) is 0 Å². The van der Waals surface area contributed by atoms with Crippen molar-refractivity contribution < 1.29 is 23.8 Å². The van der Waals surface area contributed by atoms with Gasteiger partial charge in [0.1, 0.15) is 0 Å². The van der Waals surface area contributed by atoms with Crippen LogP contribution in [0, 0.1) is 0 Å². The topological polar surface area (TPSA) is 76.0 Å². The summed E-state index contributed by atoms with van der Waals surface area (Å²) < 4.78 is 24.4. The lowest BCUT2D eigenvalue weighted by atomic mass is 10.1. The van der Waals surface area contributed by atoms with Crippen LogP contribution in [0.15, 0.2) is 60.7 Å². The number of rotatable bonds is 12. The third-order valence-corrected chi connectivity index (χ3v) is 6.25. The van der Waals surface area contributed by atoms with Gasteiger partial charge in [-0.25, -0.2) is 0 Å². The van der Waals surface area contributed by atoms with Crippen LogP contribution >= 0.6 is 7.60 Å². The first-order valence-electron chi connectivity index (χ1n) is 9.38. The molecule has 0 aliphatic heterocycles. The van der Waals surface area contributed by atoms with Gasteiger partial charge < -0.3 is 19.3 Å². The molecule has 2 rings (SSSR count). The van der Waals surface area contributed by atoms with Crippen molar-refractivity contribution in [3.8, 4) is 0 Å². The standard InChI is InChI=1S/C21H29O5P/c1-2-3-6-15-20(22)21(23)27(24,25-16-18-11-7-4-8-12-18)26-17-19-13-9-5-10-14-19/h4-5,7-14,20-23H,2-3,6,15-17H2,1H3/t20-,21-/m0/s1. The van der Waals surface area contributed by atoms with E-state index in [1.807, 2.05) is 60.7 Å². The molecule has 0 aliphatic rings. The van der Waals surface area contributed by atoms with Crippen LogP contribution in [0.4, 0.5) is 0 Å². The summed E-state index contributed by atoms with van der Waals surface area (Å²) in [5, 5.41) is 20.8. The fourth-order valence-corrected chi connectivity index (χ4v) is 4.24. The maximum atomic E-state index is 13.3. The number of benzene rings is 2. The monoisotopic (exact) mass is 392 g/mol. The molecule has 6 heteroatoms. The molecule has 0 aliphatic carbocycles. The van der Waals surface area contributed by atoms with Crippen molar-refractivity contribution in [3.05, 3.63) is 71.8 Å². The lowest BCUT2D eigenvalue weighted by Crippen LogP contribution is -2.27. The molecule has 0 radical (unpaired) electrons. The summed E-state index contributed by atoms with van der Waals surface area (Å²) in [4.78, 5) is 0. The van der Waals surface area contributed by atoms with Crippen LogP contribution in [0.25, 0.3) is 0 Å². The molecule has 0 amide bonds. The van der Waals surface area contributed by atoms with E-state index in [1.54, 1.807) is 0 Å². The zero-order chi connectivity index (χ0) is 19.5. The molecule has 2 aromatic carbocycles. The Morgan fingerprint density at radius 1 is 0.852 bits per heavy atom. The molecule has 0 bridgehead atoms. The fraction of sp³-hybridized carbons (Fsp3) is 0.429. The molecular formula is C21H29O5P. The first-order valence-corrected chi connectivity index (χ1v) is 11.0. The van der Waals surface area contributed by atoms with Crippen molar-refractivity contribution in [1.29, 1.82) is 0 Å². The third kappa shape index (κ3) is 7.21. The number of aliphatic hydroxyl groups is 2. The number of hydrogen-bond donors (Lipinski definition) is 2. The molecule has 0 aromatic heterocycles. The first kappa shape index (κ1) is 21.8. The van der Waals surface area contributed by atoms with Crippen molar-refractivity contribution in [2.45, 2.75) is 57.8 Å². The zero-order valence-electron chi connectivity index (χ0n) is 15.7. The Hall–Kier alpha value is -1.49. The Morgan fingerprint density at radius 2 is 1.33 bits per heavy atom. The summed E-state index contributed by atoms with van der Waals surface area (Å²) in [5.74, 6) is -1.58. The van der Waals surface area contributed by atoms with Crippen molar-refractivity contribution in [2.24, 2.45) is 0 Å². The van der Waals surface area contributed by atoms with Crippen LogP contribution in [0.5, 0.6) is 0 Å². The normalized spacial score (nSPS) is 14.0. The molecule has 27 heavy (non-hydrogen) atoms. The minimum Gasteiger partial charge on any atom is -0.390 e. The predicted octanol–water partition coefficient (Wildman–Crippen LogP) is 4.87. The van der Waals surface area contributed by atoms with E-state index >= 15 is 0 Å². The van der Waals surface area contributed by atoms with Gasteiger partial charge in [0, 0.05) is 0 Å². The quantitative estimate of drug-likeness (QED) is 0.398.